The highest BCUT2D eigenvalue weighted by Gasteiger charge is 2.25. The fraction of sp³-hybridized carbons (Fsp3) is 0.333. The fourth-order valence-corrected chi connectivity index (χ4v) is 4.32. The van der Waals surface area contributed by atoms with Gasteiger partial charge in [-0.05, 0) is 48.9 Å². The van der Waals surface area contributed by atoms with Crippen molar-refractivity contribution >= 4 is 22.2 Å². The Morgan fingerprint density at radius 2 is 2.35 bits per heavy atom. The van der Waals surface area contributed by atoms with E-state index in [-0.39, 0.29) is 11.5 Å². The number of nitrogens with one attached hydrogen (secondary N) is 1. The van der Waals surface area contributed by atoms with Crippen molar-refractivity contribution in [3.8, 4) is 6.07 Å². The van der Waals surface area contributed by atoms with E-state index in [2.05, 4.69) is 18.3 Å². The number of nitrogens with zero attached hydrogens (tertiary/aromatic N) is 1. The predicted molar refractivity (Wildman–Crippen MR) is 89.2 cm³/mol. The number of nitriles is 1. The number of anilines is 1. The summed E-state index contributed by atoms with van der Waals surface area (Å²) in [4.78, 5) is 13.5. The molecule has 1 aliphatic rings. The molecule has 0 aliphatic heterocycles. The molecule has 1 amide bonds. The summed E-state index contributed by atoms with van der Waals surface area (Å²) in [6.07, 6.45) is 4.08. The molecule has 1 unspecified atom stereocenters. The average Bonchev–Trinajstić information content (AvgIpc) is 2.90. The van der Waals surface area contributed by atoms with E-state index in [4.69, 9.17) is 0 Å². The van der Waals surface area contributed by atoms with Crippen molar-refractivity contribution in [3.05, 3.63) is 51.7 Å². The topological polar surface area (TPSA) is 52.9 Å². The molecule has 0 spiro atoms. The van der Waals surface area contributed by atoms with E-state index in [0.29, 0.717) is 16.5 Å². The van der Waals surface area contributed by atoms with Gasteiger partial charge in [-0.25, -0.2) is 4.39 Å². The highest BCUT2D eigenvalue weighted by molar-refractivity contribution is 7.16. The van der Waals surface area contributed by atoms with E-state index in [9.17, 15) is 14.4 Å². The van der Waals surface area contributed by atoms with Crippen LogP contribution in [0.3, 0.4) is 0 Å². The van der Waals surface area contributed by atoms with Gasteiger partial charge in [0.05, 0.1) is 5.56 Å². The van der Waals surface area contributed by atoms with Gasteiger partial charge >= 0.3 is 0 Å². The van der Waals surface area contributed by atoms with Crippen LogP contribution < -0.4 is 5.32 Å². The number of rotatable bonds is 3. The highest BCUT2D eigenvalue weighted by atomic mass is 32.1. The van der Waals surface area contributed by atoms with Crippen LogP contribution in [0.5, 0.6) is 0 Å². The van der Waals surface area contributed by atoms with Gasteiger partial charge in [-0.1, -0.05) is 19.4 Å². The number of thiophene rings is 1. The Balaban J connectivity index is 1.88. The second-order valence-corrected chi connectivity index (χ2v) is 6.91. The zero-order valence-corrected chi connectivity index (χ0v) is 13.7. The summed E-state index contributed by atoms with van der Waals surface area (Å²) >= 11 is 1.48. The molecule has 0 saturated heterocycles. The Hall–Kier alpha value is -2.19. The molecule has 0 saturated carbocycles. The molecule has 3 nitrogen and oxygen atoms in total. The number of amides is 1. The minimum Gasteiger partial charge on any atom is -0.312 e. The Labute approximate surface area is 138 Å². The maximum Gasteiger partial charge on any atom is 0.256 e. The van der Waals surface area contributed by atoms with Crippen LogP contribution >= 0.6 is 11.3 Å². The van der Waals surface area contributed by atoms with Crippen molar-refractivity contribution < 1.29 is 9.18 Å². The predicted octanol–water partition coefficient (Wildman–Crippen LogP) is 4.53. The van der Waals surface area contributed by atoms with Crippen molar-refractivity contribution in [1.29, 1.82) is 5.26 Å². The fourth-order valence-electron chi connectivity index (χ4n) is 3.01. The Morgan fingerprint density at radius 3 is 3.04 bits per heavy atom. The molecule has 23 heavy (non-hydrogen) atoms. The third-order valence-electron chi connectivity index (χ3n) is 4.37. The van der Waals surface area contributed by atoms with E-state index in [0.717, 1.165) is 31.2 Å². The average molecular weight is 328 g/mol. The Morgan fingerprint density at radius 1 is 1.52 bits per heavy atom. The number of fused-ring (bicyclic) bond motifs is 1. The number of carbonyl (C=O) groups is 1. The second kappa shape index (κ2) is 6.51. The van der Waals surface area contributed by atoms with E-state index in [1.807, 2.05) is 0 Å². The zero-order valence-electron chi connectivity index (χ0n) is 12.9. The van der Waals surface area contributed by atoms with Gasteiger partial charge < -0.3 is 5.32 Å². The van der Waals surface area contributed by atoms with Crippen LogP contribution in [-0.4, -0.2) is 5.91 Å². The molecule has 0 bridgehead atoms. The minimum absolute atomic E-state index is 0.256. The van der Waals surface area contributed by atoms with Gasteiger partial charge in [-0.15, -0.1) is 11.3 Å². The van der Waals surface area contributed by atoms with Crippen LogP contribution in [0.1, 0.15) is 46.1 Å². The van der Waals surface area contributed by atoms with Gasteiger partial charge in [-0.3, -0.25) is 4.79 Å². The number of carbonyl (C=O) groups excluding carboxylic acids is 1. The molecule has 118 valence electrons. The van der Waals surface area contributed by atoms with Gasteiger partial charge in [0.25, 0.3) is 5.91 Å². The summed E-state index contributed by atoms with van der Waals surface area (Å²) in [7, 11) is 0. The van der Waals surface area contributed by atoms with Crippen LogP contribution in [0, 0.1) is 23.1 Å². The molecule has 1 N–H and O–H groups in total. The van der Waals surface area contributed by atoms with Crippen LogP contribution in [0.4, 0.5) is 9.39 Å². The third-order valence-corrected chi connectivity index (χ3v) is 5.54. The number of benzene rings is 1. The normalized spacial score (nSPS) is 16.5. The van der Waals surface area contributed by atoms with E-state index >= 15 is 0 Å². The van der Waals surface area contributed by atoms with Gasteiger partial charge in [-0.2, -0.15) is 5.26 Å². The molecule has 5 heteroatoms. The van der Waals surface area contributed by atoms with Gasteiger partial charge in [0.1, 0.15) is 16.9 Å². The molecule has 3 rings (SSSR count). The molecule has 0 radical (unpaired) electrons. The van der Waals surface area contributed by atoms with E-state index in [1.165, 1.54) is 34.4 Å². The second-order valence-electron chi connectivity index (χ2n) is 5.80. The van der Waals surface area contributed by atoms with Gasteiger partial charge in [0, 0.05) is 10.4 Å². The van der Waals surface area contributed by atoms with Crippen molar-refractivity contribution in [2.24, 2.45) is 5.92 Å². The molecule has 0 fully saturated rings. The lowest BCUT2D eigenvalue weighted by Crippen LogP contribution is -2.13. The first-order chi connectivity index (χ1) is 11.1. The van der Waals surface area contributed by atoms with Crippen LogP contribution in [0.25, 0.3) is 0 Å². The summed E-state index contributed by atoms with van der Waals surface area (Å²) in [6, 6.07) is 7.78. The van der Waals surface area contributed by atoms with Crippen molar-refractivity contribution in [3.63, 3.8) is 0 Å². The number of hydrogen-bond acceptors (Lipinski definition) is 3. The lowest BCUT2D eigenvalue weighted by atomic mass is 9.86. The maximum absolute atomic E-state index is 13.2. The summed E-state index contributed by atoms with van der Waals surface area (Å²) in [5.41, 5.74) is 1.91. The summed E-state index contributed by atoms with van der Waals surface area (Å²) < 4.78 is 13.2. The molecular weight excluding hydrogens is 311 g/mol. The van der Waals surface area contributed by atoms with Crippen LogP contribution in [0.15, 0.2) is 24.3 Å². The highest BCUT2D eigenvalue weighted by Crippen LogP contribution is 2.40. The summed E-state index contributed by atoms with van der Waals surface area (Å²) in [5, 5.41) is 12.8. The lowest BCUT2D eigenvalue weighted by molar-refractivity contribution is 0.102. The largest absolute Gasteiger partial charge is 0.312 e. The monoisotopic (exact) mass is 328 g/mol. The van der Waals surface area contributed by atoms with Crippen LogP contribution in [-0.2, 0) is 12.8 Å². The quantitative estimate of drug-likeness (QED) is 0.900. The first kappa shape index (κ1) is 15.7. The van der Waals surface area contributed by atoms with Crippen molar-refractivity contribution in [2.45, 2.75) is 32.6 Å². The lowest BCUT2D eigenvalue weighted by Gasteiger charge is -2.20. The summed E-state index contributed by atoms with van der Waals surface area (Å²) in [6.45, 7) is 2.18. The van der Waals surface area contributed by atoms with E-state index < -0.39 is 5.82 Å². The SMILES string of the molecule is CCC1CCc2c(sc(NC(=O)c3cccc(F)c3)c2C#N)C1. The molecule has 1 aromatic heterocycles. The molecule has 1 atom stereocenters. The maximum atomic E-state index is 13.2. The first-order valence-corrected chi connectivity index (χ1v) is 8.55. The molecule has 1 aliphatic carbocycles. The Bertz CT molecular complexity index is 791. The Kier molecular flexibility index (Phi) is 4.44. The third kappa shape index (κ3) is 3.13. The standard InChI is InChI=1S/C18H17FN2OS/c1-2-11-6-7-14-15(10-20)18(23-16(14)8-11)21-17(22)12-4-3-5-13(19)9-12/h3-5,9,11H,2,6-8H2,1H3,(H,21,22). The first-order valence-electron chi connectivity index (χ1n) is 7.74. The van der Waals surface area contributed by atoms with Crippen molar-refractivity contribution in [1.82, 2.24) is 0 Å². The molecule has 2 aromatic rings. The van der Waals surface area contributed by atoms with E-state index in [1.54, 1.807) is 6.07 Å². The molecule has 1 aromatic carbocycles. The van der Waals surface area contributed by atoms with Crippen molar-refractivity contribution in [2.75, 3.05) is 5.32 Å². The smallest absolute Gasteiger partial charge is 0.256 e. The minimum atomic E-state index is -0.450. The van der Waals surface area contributed by atoms with Crippen LogP contribution in [0.2, 0.25) is 0 Å². The number of halogens is 1. The van der Waals surface area contributed by atoms with Gasteiger partial charge in [0.2, 0.25) is 0 Å². The number of hydrogen-bond donors (Lipinski definition) is 1. The molecular formula is C18H17FN2OS. The summed E-state index contributed by atoms with van der Waals surface area (Å²) in [5.74, 6) is -0.180. The molecule has 1 heterocycles. The zero-order chi connectivity index (χ0) is 16.4. The van der Waals surface area contributed by atoms with Gasteiger partial charge in [0.15, 0.2) is 0 Å².